The normalized spacial score (nSPS) is 10.2. The Hall–Kier alpha value is -1.60. The maximum Gasteiger partial charge on any atom is 0.336 e. The molecule has 0 bridgehead atoms. The van der Waals surface area contributed by atoms with Gasteiger partial charge in [-0.1, -0.05) is 13.3 Å². The molecule has 0 atom stereocenters. The molecule has 0 radical (unpaired) electrons. The Morgan fingerprint density at radius 2 is 2.10 bits per heavy atom. The van der Waals surface area contributed by atoms with Crippen molar-refractivity contribution in [1.82, 2.24) is 5.32 Å². The number of carbonyl (C=O) groups excluding carboxylic acids is 1. The lowest BCUT2D eigenvalue weighted by Gasteiger charge is -2.09. The maximum absolute atomic E-state index is 11.6. The molecule has 1 aromatic rings. The predicted octanol–water partition coefficient (Wildman–Crippen LogP) is 3.09. The zero-order valence-corrected chi connectivity index (χ0v) is 13.4. The number of benzene rings is 1. The first-order valence-electron chi connectivity index (χ1n) is 6.70. The first-order valence-corrected chi connectivity index (χ1v) is 7.49. The molecule has 0 aliphatic rings. The minimum absolute atomic E-state index is 0.0932. The third-order valence-electron chi connectivity index (χ3n) is 2.63. The van der Waals surface area contributed by atoms with E-state index >= 15 is 0 Å². The summed E-state index contributed by atoms with van der Waals surface area (Å²) in [5.74, 6) is -1.06. The molecule has 1 rings (SSSR count). The third-order valence-corrected chi connectivity index (χ3v) is 3.32. The molecule has 0 aliphatic carbocycles. The quantitative estimate of drug-likeness (QED) is 0.623. The third kappa shape index (κ3) is 6.59. The van der Waals surface area contributed by atoms with E-state index < -0.39 is 12.0 Å². The number of aromatic carboxylic acids is 1. The summed E-state index contributed by atoms with van der Waals surface area (Å²) in [7, 11) is 0. The maximum atomic E-state index is 11.6. The van der Waals surface area contributed by atoms with Crippen LogP contribution >= 0.6 is 15.9 Å². The van der Waals surface area contributed by atoms with Gasteiger partial charge in [-0.3, -0.25) is 0 Å². The summed E-state index contributed by atoms with van der Waals surface area (Å²) in [6, 6.07) is 4.19. The average molecular weight is 359 g/mol. The number of hydrogen-bond acceptors (Lipinski definition) is 3. The van der Waals surface area contributed by atoms with Gasteiger partial charge >= 0.3 is 12.0 Å². The lowest BCUT2D eigenvalue weighted by Crippen LogP contribution is -2.31. The van der Waals surface area contributed by atoms with Crippen LogP contribution in [0, 0.1) is 0 Å². The number of rotatable bonds is 8. The number of hydrogen-bond donors (Lipinski definition) is 3. The molecular formula is C14H19BrN2O4. The zero-order valence-electron chi connectivity index (χ0n) is 11.8. The van der Waals surface area contributed by atoms with E-state index in [1.54, 1.807) is 12.1 Å². The lowest BCUT2D eigenvalue weighted by molar-refractivity contribution is 0.0696. The Kier molecular flexibility index (Phi) is 7.78. The van der Waals surface area contributed by atoms with Crippen LogP contribution in [-0.2, 0) is 4.74 Å². The van der Waals surface area contributed by atoms with E-state index in [4.69, 9.17) is 9.84 Å². The second kappa shape index (κ2) is 9.36. The van der Waals surface area contributed by atoms with E-state index in [2.05, 4.69) is 33.5 Å². The minimum atomic E-state index is -1.06. The number of carboxylic acids is 1. The van der Waals surface area contributed by atoms with Crippen LogP contribution < -0.4 is 10.6 Å². The van der Waals surface area contributed by atoms with Gasteiger partial charge in [0.1, 0.15) is 0 Å². The predicted molar refractivity (Wildman–Crippen MR) is 83.8 cm³/mol. The van der Waals surface area contributed by atoms with E-state index in [0.717, 1.165) is 12.8 Å². The van der Waals surface area contributed by atoms with Crippen LogP contribution in [0.5, 0.6) is 0 Å². The molecule has 1 aromatic carbocycles. The number of carbonyl (C=O) groups is 2. The highest BCUT2D eigenvalue weighted by atomic mass is 79.9. The Morgan fingerprint density at radius 3 is 2.76 bits per heavy atom. The van der Waals surface area contributed by atoms with Crippen LogP contribution in [0.25, 0.3) is 0 Å². The average Bonchev–Trinajstić information content (AvgIpc) is 2.44. The Morgan fingerprint density at radius 1 is 1.33 bits per heavy atom. The molecule has 7 heteroatoms. The van der Waals surface area contributed by atoms with E-state index in [1.165, 1.54) is 6.07 Å². The topological polar surface area (TPSA) is 87.7 Å². The second-order valence-electron chi connectivity index (χ2n) is 4.35. The minimum Gasteiger partial charge on any atom is -0.478 e. The van der Waals surface area contributed by atoms with Crippen molar-refractivity contribution in [2.75, 3.05) is 25.1 Å². The fourth-order valence-corrected chi connectivity index (χ4v) is 1.94. The van der Waals surface area contributed by atoms with Gasteiger partial charge < -0.3 is 20.5 Å². The van der Waals surface area contributed by atoms with Gasteiger partial charge in [-0.2, -0.15) is 0 Å². The summed E-state index contributed by atoms with van der Waals surface area (Å²) in [4.78, 5) is 22.6. The van der Waals surface area contributed by atoms with Gasteiger partial charge in [0.05, 0.1) is 12.2 Å². The molecular weight excluding hydrogens is 340 g/mol. The molecule has 0 unspecified atom stereocenters. The molecule has 0 aromatic heterocycles. The molecule has 0 spiro atoms. The number of urea groups is 1. The van der Waals surface area contributed by atoms with E-state index in [1.807, 2.05) is 0 Å². The highest BCUT2D eigenvalue weighted by Crippen LogP contribution is 2.21. The van der Waals surface area contributed by atoms with Crippen molar-refractivity contribution in [3.8, 4) is 0 Å². The first-order chi connectivity index (χ1) is 10.0. The van der Waals surface area contributed by atoms with Gasteiger partial charge in [0.25, 0.3) is 0 Å². The van der Waals surface area contributed by atoms with Gasteiger partial charge in [-0.05, 0) is 40.5 Å². The number of nitrogens with one attached hydrogen (secondary N) is 2. The monoisotopic (exact) mass is 358 g/mol. The molecule has 0 aliphatic heterocycles. The molecule has 6 nitrogen and oxygen atoms in total. The van der Waals surface area contributed by atoms with Crippen LogP contribution in [0.1, 0.15) is 30.1 Å². The number of halogens is 1. The summed E-state index contributed by atoms with van der Waals surface area (Å²) in [6.07, 6.45) is 2.08. The van der Waals surface area contributed by atoms with E-state index in [-0.39, 0.29) is 5.56 Å². The number of carboxylic acid groups (broad SMARTS) is 1. The smallest absolute Gasteiger partial charge is 0.336 e. The SMILES string of the molecule is CCCCOCCNC(=O)Nc1ccc(Br)c(C(=O)O)c1. The van der Waals surface area contributed by atoms with E-state index in [9.17, 15) is 9.59 Å². The Labute approximate surface area is 132 Å². The van der Waals surface area contributed by atoms with E-state index in [0.29, 0.717) is 29.9 Å². The largest absolute Gasteiger partial charge is 0.478 e. The number of unbranched alkanes of at least 4 members (excludes halogenated alkanes) is 1. The second-order valence-corrected chi connectivity index (χ2v) is 5.20. The van der Waals surface area contributed by atoms with Gasteiger partial charge in [-0.25, -0.2) is 9.59 Å². The number of ether oxygens (including phenoxy) is 1. The van der Waals surface area contributed by atoms with Crippen molar-refractivity contribution in [2.45, 2.75) is 19.8 Å². The fourth-order valence-electron chi connectivity index (χ4n) is 1.53. The zero-order chi connectivity index (χ0) is 15.7. The molecule has 21 heavy (non-hydrogen) atoms. The highest BCUT2D eigenvalue weighted by Gasteiger charge is 2.10. The molecule has 0 fully saturated rings. The summed E-state index contributed by atoms with van der Waals surface area (Å²) < 4.78 is 5.78. The van der Waals surface area contributed by atoms with Crippen molar-refractivity contribution in [2.24, 2.45) is 0 Å². The summed E-state index contributed by atoms with van der Waals surface area (Å²) in [5.41, 5.74) is 0.510. The molecule has 3 N–H and O–H groups in total. The van der Waals surface area contributed by atoms with Gasteiger partial charge in [0, 0.05) is 23.3 Å². The van der Waals surface area contributed by atoms with Crippen molar-refractivity contribution >= 4 is 33.6 Å². The lowest BCUT2D eigenvalue weighted by atomic mass is 10.2. The molecule has 116 valence electrons. The van der Waals surface area contributed by atoms with Crippen molar-refractivity contribution in [3.05, 3.63) is 28.2 Å². The Bertz CT molecular complexity index is 494. The fraction of sp³-hybridized carbons (Fsp3) is 0.429. The standard InChI is InChI=1S/C14H19BrN2O4/c1-2-3-7-21-8-6-16-14(20)17-10-4-5-12(15)11(9-10)13(18)19/h4-5,9H,2-3,6-8H2,1H3,(H,18,19)(H2,16,17,20). The van der Waals surface area contributed by atoms with Crippen LogP contribution in [-0.4, -0.2) is 36.9 Å². The summed E-state index contributed by atoms with van der Waals surface area (Å²) in [5, 5.41) is 14.2. The summed E-state index contributed by atoms with van der Waals surface area (Å²) in [6.45, 7) is 3.62. The molecule has 2 amide bonds. The molecule has 0 heterocycles. The van der Waals surface area contributed by atoms with Gasteiger partial charge in [-0.15, -0.1) is 0 Å². The summed E-state index contributed by atoms with van der Waals surface area (Å²) >= 11 is 3.14. The Balaban J connectivity index is 2.38. The number of amides is 2. The van der Waals surface area contributed by atoms with Gasteiger partial charge in [0.15, 0.2) is 0 Å². The van der Waals surface area contributed by atoms with Crippen molar-refractivity contribution in [1.29, 1.82) is 0 Å². The number of anilines is 1. The van der Waals surface area contributed by atoms with Crippen molar-refractivity contribution in [3.63, 3.8) is 0 Å². The van der Waals surface area contributed by atoms with Crippen LogP contribution in [0.2, 0.25) is 0 Å². The van der Waals surface area contributed by atoms with Crippen LogP contribution in [0.4, 0.5) is 10.5 Å². The molecule has 0 saturated heterocycles. The van der Waals surface area contributed by atoms with Crippen LogP contribution in [0.15, 0.2) is 22.7 Å². The van der Waals surface area contributed by atoms with Crippen LogP contribution in [0.3, 0.4) is 0 Å². The highest BCUT2D eigenvalue weighted by molar-refractivity contribution is 9.10. The van der Waals surface area contributed by atoms with Crippen molar-refractivity contribution < 1.29 is 19.4 Å². The van der Waals surface area contributed by atoms with Gasteiger partial charge in [0.2, 0.25) is 0 Å². The first kappa shape index (κ1) is 17.5. The molecule has 0 saturated carbocycles.